The lowest BCUT2D eigenvalue weighted by Crippen LogP contribution is -2.05. The van der Waals surface area contributed by atoms with Crippen molar-refractivity contribution in [2.45, 2.75) is 24.9 Å². The van der Waals surface area contributed by atoms with E-state index in [-0.39, 0.29) is 17.2 Å². The molecule has 82 valence electrons. The summed E-state index contributed by atoms with van der Waals surface area (Å²) in [4.78, 5) is 12.9. The van der Waals surface area contributed by atoms with Crippen LogP contribution in [0.3, 0.4) is 0 Å². The van der Waals surface area contributed by atoms with Crippen LogP contribution in [-0.4, -0.2) is 16.1 Å². The van der Waals surface area contributed by atoms with Crippen LogP contribution in [0.5, 0.6) is 0 Å². The molecule has 1 heterocycles. The first-order valence-corrected chi connectivity index (χ1v) is 4.43. The van der Waals surface area contributed by atoms with Crippen molar-refractivity contribution in [3.8, 4) is 0 Å². The molecule has 15 heavy (non-hydrogen) atoms. The van der Waals surface area contributed by atoms with E-state index >= 15 is 0 Å². The van der Waals surface area contributed by atoms with E-state index in [1.807, 2.05) is 0 Å². The van der Waals surface area contributed by atoms with Gasteiger partial charge in [-0.25, -0.2) is 4.79 Å². The smallest absolute Gasteiger partial charge is 0.431 e. The van der Waals surface area contributed by atoms with Crippen LogP contribution in [0.25, 0.3) is 0 Å². The first-order chi connectivity index (χ1) is 6.89. The topological polar surface area (TPSA) is 53.1 Å². The monoisotopic (exact) mass is 219 g/mol. The second-order valence-corrected chi connectivity index (χ2v) is 3.59. The third-order valence-corrected chi connectivity index (χ3v) is 2.37. The lowest BCUT2D eigenvalue weighted by Gasteiger charge is -2.01. The minimum atomic E-state index is -4.52. The van der Waals surface area contributed by atoms with Crippen molar-refractivity contribution in [2.24, 2.45) is 0 Å². The molecule has 2 N–H and O–H groups in total. The number of rotatable bonds is 2. The van der Waals surface area contributed by atoms with Crippen LogP contribution in [-0.2, 0) is 6.18 Å². The molecule has 0 spiro atoms. The van der Waals surface area contributed by atoms with Gasteiger partial charge in [0.25, 0.3) is 0 Å². The molecular weight excluding hydrogens is 211 g/mol. The Kier molecular flexibility index (Phi) is 2.02. The van der Waals surface area contributed by atoms with E-state index in [0.29, 0.717) is 6.07 Å². The van der Waals surface area contributed by atoms with Crippen molar-refractivity contribution in [2.75, 3.05) is 0 Å². The van der Waals surface area contributed by atoms with Gasteiger partial charge in [-0.2, -0.15) is 13.2 Å². The maximum atomic E-state index is 12.3. The zero-order valence-electron chi connectivity index (χ0n) is 7.56. The highest BCUT2D eigenvalue weighted by molar-refractivity contribution is 5.89. The van der Waals surface area contributed by atoms with E-state index in [4.69, 9.17) is 5.11 Å². The fourth-order valence-corrected chi connectivity index (χ4v) is 1.49. The maximum absolute atomic E-state index is 12.3. The Balaban J connectivity index is 2.44. The Bertz CT molecular complexity index is 404. The summed E-state index contributed by atoms with van der Waals surface area (Å²) in [5, 5.41) is 8.73. The summed E-state index contributed by atoms with van der Waals surface area (Å²) in [5.74, 6) is -1.36. The molecule has 3 nitrogen and oxygen atoms in total. The highest BCUT2D eigenvalue weighted by Crippen LogP contribution is 2.43. The molecule has 0 bridgehead atoms. The number of carboxylic acid groups (broad SMARTS) is 1. The Hall–Kier alpha value is -1.46. The molecule has 0 atom stereocenters. The molecule has 1 aliphatic carbocycles. The summed E-state index contributed by atoms with van der Waals surface area (Å²) in [6.45, 7) is 0. The van der Waals surface area contributed by atoms with Gasteiger partial charge in [0.05, 0.1) is 5.56 Å². The highest BCUT2D eigenvalue weighted by Gasteiger charge is 2.37. The van der Waals surface area contributed by atoms with Crippen LogP contribution in [0.2, 0.25) is 0 Å². The molecule has 1 saturated carbocycles. The number of carbonyl (C=O) groups is 1. The molecule has 0 aliphatic heterocycles. The van der Waals surface area contributed by atoms with E-state index < -0.39 is 17.8 Å². The average molecular weight is 219 g/mol. The Labute approximate surface area is 82.9 Å². The average Bonchev–Trinajstić information content (AvgIpc) is 2.81. The molecule has 0 aromatic carbocycles. The van der Waals surface area contributed by atoms with Crippen LogP contribution < -0.4 is 0 Å². The zero-order chi connectivity index (χ0) is 11.2. The predicted molar refractivity (Wildman–Crippen MR) is 44.7 cm³/mol. The van der Waals surface area contributed by atoms with E-state index in [2.05, 4.69) is 4.98 Å². The normalized spacial score (nSPS) is 16.7. The Morgan fingerprint density at radius 1 is 1.47 bits per heavy atom. The molecule has 1 aliphatic rings. The molecule has 0 saturated heterocycles. The van der Waals surface area contributed by atoms with Crippen molar-refractivity contribution in [1.82, 2.24) is 4.98 Å². The van der Waals surface area contributed by atoms with Gasteiger partial charge in [0, 0.05) is 5.69 Å². The molecule has 6 heteroatoms. The van der Waals surface area contributed by atoms with E-state index in [9.17, 15) is 18.0 Å². The first kappa shape index (κ1) is 10.1. The number of hydrogen-bond acceptors (Lipinski definition) is 1. The summed E-state index contributed by atoms with van der Waals surface area (Å²) in [6, 6.07) is 0.663. The van der Waals surface area contributed by atoms with Crippen molar-refractivity contribution < 1.29 is 23.1 Å². The molecule has 2 rings (SSSR count). The number of aromatic nitrogens is 1. The van der Waals surface area contributed by atoms with Crippen molar-refractivity contribution in [3.05, 3.63) is 23.0 Å². The van der Waals surface area contributed by atoms with Crippen molar-refractivity contribution >= 4 is 5.97 Å². The summed E-state index contributed by atoms with van der Waals surface area (Å²) >= 11 is 0. The van der Waals surface area contributed by atoms with Crippen molar-refractivity contribution in [1.29, 1.82) is 0 Å². The quantitative estimate of drug-likeness (QED) is 0.803. The summed E-state index contributed by atoms with van der Waals surface area (Å²) in [5.41, 5.74) is -1.04. The van der Waals surface area contributed by atoms with Gasteiger partial charge in [0.15, 0.2) is 0 Å². The van der Waals surface area contributed by atoms with Crippen LogP contribution in [0.4, 0.5) is 13.2 Å². The SMILES string of the molecule is O=C(O)c1cc(C(F)(F)F)[nH]c1C1CC1. The predicted octanol–water partition coefficient (Wildman–Crippen LogP) is 2.61. The van der Waals surface area contributed by atoms with Gasteiger partial charge in [-0.1, -0.05) is 0 Å². The third-order valence-electron chi connectivity index (χ3n) is 2.37. The fourth-order valence-electron chi connectivity index (χ4n) is 1.49. The van der Waals surface area contributed by atoms with Gasteiger partial charge >= 0.3 is 12.1 Å². The fraction of sp³-hybridized carbons (Fsp3) is 0.444. The number of aromatic amines is 1. The Morgan fingerprint density at radius 2 is 2.07 bits per heavy atom. The lowest BCUT2D eigenvalue weighted by atomic mass is 10.2. The molecule has 1 aromatic rings. The lowest BCUT2D eigenvalue weighted by molar-refractivity contribution is -0.140. The number of hydrogen-bond donors (Lipinski definition) is 2. The molecular formula is C9H8F3NO2. The van der Waals surface area contributed by atoms with Crippen LogP contribution in [0.1, 0.15) is 40.5 Å². The largest absolute Gasteiger partial charge is 0.478 e. The van der Waals surface area contributed by atoms with Gasteiger partial charge in [-0.15, -0.1) is 0 Å². The minimum Gasteiger partial charge on any atom is -0.478 e. The van der Waals surface area contributed by atoms with Gasteiger partial charge in [-0.05, 0) is 24.8 Å². The second kappa shape index (κ2) is 3.01. The summed E-state index contributed by atoms with van der Waals surface area (Å²) < 4.78 is 36.9. The summed E-state index contributed by atoms with van der Waals surface area (Å²) in [7, 11) is 0. The van der Waals surface area contributed by atoms with Crippen LogP contribution in [0.15, 0.2) is 6.07 Å². The van der Waals surface area contributed by atoms with Gasteiger partial charge in [-0.3, -0.25) is 0 Å². The molecule has 0 unspecified atom stereocenters. The maximum Gasteiger partial charge on any atom is 0.431 e. The number of aromatic carboxylic acids is 1. The van der Waals surface area contributed by atoms with Gasteiger partial charge < -0.3 is 10.1 Å². The first-order valence-electron chi connectivity index (χ1n) is 4.43. The van der Waals surface area contributed by atoms with E-state index in [1.54, 1.807) is 0 Å². The molecule has 0 radical (unpaired) electrons. The van der Waals surface area contributed by atoms with Gasteiger partial charge in [0.1, 0.15) is 5.69 Å². The molecule has 1 aromatic heterocycles. The van der Waals surface area contributed by atoms with Crippen LogP contribution in [0, 0.1) is 0 Å². The second-order valence-electron chi connectivity index (χ2n) is 3.59. The Morgan fingerprint density at radius 3 is 2.47 bits per heavy atom. The third kappa shape index (κ3) is 1.84. The zero-order valence-corrected chi connectivity index (χ0v) is 7.56. The minimum absolute atomic E-state index is 0.0489. The van der Waals surface area contributed by atoms with Gasteiger partial charge in [0.2, 0.25) is 0 Å². The number of nitrogens with one attached hydrogen (secondary N) is 1. The molecule has 0 amide bonds. The van der Waals surface area contributed by atoms with E-state index in [1.165, 1.54) is 0 Å². The van der Waals surface area contributed by atoms with Crippen molar-refractivity contribution in [3.63, 3.8) is 0 Å². The molecule has 1 fully saturated rings. The number of halogens is 3. The number of carboxylic acids is 1. The number of alkyl halides is 3. The number of H-pyrrole nitrogens is 1. The van der Waals surface area contributed by atoms with E-state index in [0.717, 1.165) is 12.8 Å². The summed E-state index contributed by atoms with van der Waals surface area (Å²) in [6.07, 6.45) is -3.02. The highest BCUT2D eigenvalue weighted by atomic mass is 19.4. The van der Waals surface area contributed by atoms with Crippen LogP contribution >= 0.6 is 0 Å². The standard InChI is InChI=1S/C9H8F3NO2/c10-9(11,12)6-3-5(8(14)15)7(13-6)4-1-2-4/h3-4,13H,1-2H2,(H,14,15).